The fourth-order valence-electron chi connectivity index (χ4n) is 3.61. The molecule has 0 radical (unpaired) electrons. The van der Waals surface area contributed by atoms with Crippen LogP contribution in [0.4, 0.5) is 22.3 Å². The highest BCUT2D eigenvalue weighted by atomic mass is 32.2. The number of aliphatic hydroxyl groups is 1. The first-order chi connectivity index (χ1) is 18.4. The summed E-state index contributed by atoms with van der Waals surface area (Å²) in [7, 11) is 3.99. The number of nitrogen functional groups attached to an aromatic ring is 1. The minimum absolute atomic E-state index is 0.0615. The van der Waals surface area contributed by atoms with Crippen LogP contribution in [0.15, 0.2) is 58.9 Å². The summed E-state index contributed by atoms with van der Waals surface area (Å²) < 4.78 is 5.41. The van der Waals surface area contributed by atoms with Gasteiger partial charge in [0.15, 0.2) is 5.13 Å². The largest absolute Gasteiger partial charge is 0.491 e. The lowest BCUT2D eigenvalue weighted by atomic mass is 9.97. The van der Waals surface area contributed by atoms with E-state index < -0.39 is 0 Å². The molecular weight excluding hydrogens is 518 g/mol. The fourth-order valence-corrected chi connectivity index (χ4v) is 5.34. The quantitative estimate of drug-likeness (QED) is 0.234. The van der Waals surface area contributed by atoms with E-state index in [1.807, 2.05) is 48.6 Å². The van der Waals surface area contributed by atoms with Gasteiger partial charge in [-0.05, 0) is 42.0 Å². The minimum atomic E-state index is -0.0964. The summed E-state index contributed by atoms with van der Waals surface area (Å²) in [5.41, 5.74) is 10.5. The van der Waals surface area contributed by atoms with Gasteiger partial charge < -0.3 is 25.8 Å². The molecule has 192 valence electrons. The topological polar surface area (TPSA) is 144 Å². The van der Waals surface area contributed by atoms with Gasteiger partial charge in [0.25, 0.3) is 0 Å². The molecule has 0 amide bonds. The number of nitrogens with one attached hydrogen (secondary N) is 1. The number of rotatable bonds is 10. The van der Waals surface area contributed by atoms with Crippen molar-refractivity contribution in [3.05, 3.63) is 70.7 Å². The number of nitrogens with zero attached hydrogens (tertiary/aromatic N) is 5. The molecule has 0 unspecified atom stereocenters. The summed E-state index contributed by atoms with van der Waals surface area (Å²) >= 11 is 2.83. The molecule has 0 atom stereocenters. The number of pyridine rings is 1. The Labute approximate surface area is 229 Å². The van der Waals surface area contributed by atoms with Crippen molar-refractivity contribution in [2.24, 2.45) is 0 Å². The monoisotopic (exact) mass is 543 g/mol. The van der Waals surface area contributed by atoms with Gasteiger partial charge >= 0.3 is 0 Å². The van der Waals surface area contributed by atoms with Crippen LogP contribution in [0.25, 0.3) is 11.1 Å². The van der Waals surface area contributed by atoms with E-state index in [-0.39, 0.29) is 30.2 Å². The number of thioether (sulfide) groups is 1. The number of anilines is 4. The fraction of sp³-hybridized carbons (Fsp3) is 0.185. The molecular formula is C27H25N7O2S2. The Balaban J connectivity index is 1.54. The van der Waals surface area contributed by atoms with Crippen LogP contribution in [0.3, 0.4) is 0 Å². The number of nitrogens with two attached hydrogens (primary N) is 1. The van der Waals surface area contributed by atoms with Crippen molar-refractivity contribution in [3.8, 4) is 29.0 Å². The van der Waals surface area contributed by atoms with Gasteiger partial charge in [-0.3, -0.25) is 0 Å². The van der Waals surface area contributed by atoms with Crippen molar-refractivity contribution < 1.29 is 9.84 Å². The molecule has 0 saturated heterocycles. The molecule has 2 aromatic carbocycles. The molecule has 0 aliphatic carbocycles. The van der Waals surface area contributed by atoms with E-state index in [9.17, 15) is 10.5 Å². The summed E-state index contributed by atoms with van der Waals surface area (Å²) in [4.78, 5) is 11.1. The first-order valence-corrected chi connectivity index (χ1v) is 13.4. The predicted molar refractivity (Wildman–Crippen MR) is 152 cm³/mol. The third kappa shape index (κ3) is 6.15. The zero-order valence-electron chi connectivity index (χ0n) is 20.8. The molecule has 0 bridgehead atoms. The molecule has 0 saturated carbocycles. The van der Waals surface area contributed by atoms with Gasteiger partial charge in [0.2, 0.25) is 0 Å². The highest BCUT2D eigenvalue weighted by Gasteiger charge is 2.21. The van der Waals surface area contributed by atoms with E-state index in [0.717, 1.165) is 22.2 Å². The van der Waals surface area contributed by atoms with Gasteiger partial charge in [-0.1, -0.05) is 23.9 Å². The van der Waals surface area contributed by atoms with Crippen molar-refractivity contribution in [1.29, 1.82) is 10.5 Å². The van der Waals surface area contributed by atoms with Crippen LogP contribution in [0.2, 0.25) is 0 Å². The van der Waals surface area contributed by atoms with Crippen LogP contribution >= 0.6 is 23.1 Å². The summed E-state index contributed by atoms with van der Waals surface area (Å²) in [5.74, 6) is 1.10. The molecule has 0 fully saturated rings. The number of nitriles is 2. The lowest BCUT2D eigenvalue weighted by molar-refractivity contribution is 0.201. The minimum Gasteiger partial charge on any atom is -0.491 e. The summed E-state index contributed by atoms with van der Waals surface area (Å²) in [5, 5.41) is 35.2. The number of ether oxygens (including phenoxy) is 1. The van der Waals surface area contributed by atoms with Gasteiger partial charge in [-0.25, -0.2) is 9.97 Å². The lowest BCUT2D eigenvalue weighted by Crippen LogP contribution is -2.08. The number of thiazole rings is 1. The Morgan fingerprint density at radius 1 is 1.05 bits per heavy atom. The maximum Gasteiger partial charge on any atom is 0.187 e. The second-order valence-electron chi connectivity index (χ2n) is 8.25. The number of benzene rings is 2. The highest BCUT2D eigenvalue weighted by molar-refractivity contribution is 7.98. The summed E-state index contributed by atoms with van der Waals surface area (Å²) in [6.07, 6.45) is 0. The molecule has 0 spiro atoms. The number of hydrogen-bond acceptors (Lipinski definition) is 11. The Bertz CT molecular complexity index is 1490. The molecule has 4 rings (SSSR count). The van der Waals surface area contributed by atoms with E-state index in [4.69, 9.17) is 15.6 Å². The Morgan fingerprint density at radius 2 is 1.76 bits per heavy atom. The van der Waals surface area contributed by atoms with Gasteiger partial charge in [-0.2, -0.15) is 10.5 Å². The molecule has 11 heteroatoms. The maximum absolute atomic E-state index is 10.0. The third-order valence-electron chi connectivity index (χ3n) is 5.46. The van der Waals surface area contributed by atoms with E-state index >= 15 is 0 Å². The molecule has 2 heterocycles. The van der Waals surface area contributed by atoms with Crippen LogP contribution in [0.5, 0.6) is 5.75 Å². The normalized spacial score (nSPS) is 10.4. The highest BCUT2D eigenvalue weighted by Crippen LogP contribution is 2.37. The first-order valence-electron chi connectivity index (χ1n) is 11.5. The molecule has 4 aromatic rings. The average Bonchev–Trinajstić information content (AvgIpc) is 3.38. The number of aliphatic hydroxyl groups excluding tert-OH is 1. The average molecular weight is 544 g/mol. The third-order valence-corrected chi connectivity index (χ3v) is 7.28. The van der Waals surface area contributed by atoms with E-state index in [1.165, 1.54) is 23.1 Å². The van der Waals surface area contributed by atoms with Crippen LogP contribution in [-0.4, -0.2) is 42.4 Å². The second-order valence-corrected chi connectivity index (χ2v) is 10.1. The lowest BCUT2D eigenvalue weighted by Gasteiger charge is -2.13. The van der Waals surface area contributed by atoms with Crippen LogP contribution in [-0.2, 0) is 5.75 Å². The zero-order valence-corrected chi connectivity index (χ0v) is 22.4. The summed E-state index contributed by atoms with van der Waals surface area (Å²) in [6, 6.07) is 19.3. The smallest absolute Gasteiger partial charge is 0.187 e. The van der Waals surface area contributed by atoms with Crippen LogP contribution in [0, 0.1) is 22.7 Å². The van der Waals surface area contributed by atoms with E-state index in [2.05, 4.69) is 27.4 Å². The Kier molecular flexibility index (Phi) is 8.66. The molecule has 2 aromatic heterocycles. The van der Waals surface area contributed by atoms with Crippen molar-refractivity contribution in [1.82, 2.24) is 9.97 Å². The second kappa shape index (κ2) is 12.3. The van der Waals surface area contributed by atoms with Crippen LogP contribution < -0.4 is 20.7 Å². The standard InChI is InChI=1S/C27H25N7O2S2/c1-34(2)20-7-5-18(6-8-20)31-27-32-19(16-38-27)15-37-26-23(14-29)24(22(13-28)25(30)33-26)17-3-9-21(10-4-17)36-12-11-35/h3-10,16,35H,11-12,15H2,1-2H3,(H2,30,33)(H,31,32). The van der Waals surface area contributed by atoms with Gasteiger partial charge in [0, 0.05) is 42.2 Å². The van der Waals surface area contributed by atoms with Gasteiger partial charge in [-0.15, -0.1) is 11.3 Å². The Hall–Kier alpha value is -4.29. The van der Waals surface area contributed by atoms with Crippen molar-refractivity contribution >= 4 is 45.4 Å². The SMILES string of the molecule is CN(C)c1ccc(Nc2nc(CSc3nc(N)c(C#N)c(-c4ccc(OCCO)cc4)c3C#N)cs2)cc1. The zero-order chi connectivity index (χ0) is 27.1. The van der Waals surface area contributed by atoms with Crippen molar-refractivity contribution in [2.45, 2.75) is 10.8 Å². The van der Waals surface area contributed by atoms with E-state index in [0.29, 0.717) is 27.7 Å². The van der Waals surface area contributed by atoms with Gasteiger partial charge in [0.05, 0.1) is 17.9 Å². The number of aromatic nitrogens is 2. The molecule has 4 N–H and O–H groups in total. The van der Waals surface area contributed by atoms with Gasteiger partial charge in [0.1, 0.15) is 40.9 Å². The molecule has 38 heavy (non-hydrogen) atoms. The number of hydrogen-bond donors (Lipinski definition) is 3. The first kappa shape index (κ1) is 26.8. The van der Waals surface area contributed by atoms with Crippen molar-refractivity contribution in [3.63, 3.8) is 0 Å². The summed E-state index contributed by atoms with van der Waals surface area (Å²) in [6.45, 7) is 0.0760. The molecule has 0 aliphatic rings. The molecule has 9 nitrogen and oxygen atoms in total. The van der Waals surface area contributed by atoms with E-state index in [1.54, 1.807) is 24.3 Å². The van der Waals surface area contributed by atoms with Crippen LogP contribution in [0.1, 0.15) is 16.8 Å². The maximum atomic E-state index is 10.0. The Morgan fingerprint density at radius 3 is 2.39 bits per heavy atom. The molecule has 0 aliphatic heterocycles. The van der Waals surface area contributed by atoms with Crippen molar-refractivity contribution in [2.75, 3.05) is 43.3 Å². The predicted octanol–water partition coefficient (Wildman–Crippen LogP) is 5.00.